The van der Waals surface area contributed by atoms with Gasteiger partial charge in [0, 0.05) is 5.56 Å². The Kier molecular flexibility index (Phi) is 7.88. The van der Waals surface area contributed by atoms with Gasteiger partial charge >= 0.3 is 0 Å². The molecule has 0 spiro atoms. The number of carbonyl (C=O) groups is 2. The summed E-state index contributed by atoms with van der Waals surface area (Å²) in [4.78, 5) is 25.5. The number of methoxy groups -OCH3 is 1. The van der Waals surface area contributed by atoms with Crippen molar-refractivity contribution >= 4 is 28.3 Å². The van der Waals surface area contributed by atoms with Gasteiger partial charge in [0.05, 0.1) is 13.5 Å². The summed E-state index contributed by atoms with van der Waals surface area (Å²) >= 11 is 1.18. The first-order chi connectivity index (χ1) is 15.4. The maximum absolute atomic E-state index is 13.1. The van der Waals surface area contributed by atoms with Crippen molar-refractivity contribution in [2.75, 3.05) is 12.4 Å². The fourth-order valence-electron chi connectivity index (χ4n) is 3.02. The quantitative estimate of drug-likeness (QED) is 0.506. The molecule has 7 nitrogen and oxygen atoms in total. The second-order valence-electron chi connectivity index (χ2n) is 7.36. The SMILES string of the molecule is CCC(C)C(NC(=O)Cc1ccc(OC)cc1)C(=O)Nc1nnc(-c2ccc(F)cc2)s1. The fourth-order valence-corrected chi connectivity index (χ4v) is 3.77. The predicted octanol–water partition coefficient (Wildman–Crippen LogP) is 4.06. The van der Waals surface area contributed by atoms with Crippen LogP contribution in [0.4, 0.5) is 9.52 Å². The number of nitrogens with zero attached hydrogens (tertiary/aromatic N) is 2. The van der Waals surface area contributed by atoms with Crippen LogP contribution in [0.15, 0.2) is 48.5 Å². The van der Waals surface area contributed by atoms with Crippen LogP contribution in [-0.4, -0.2) is 35.2 Å². The molecule has 0 aliphatic rings. The van der Waals surface area contributed by atoms with E-state index in [0.717, 1.165) is 5.56 Å². The van der Waals surface area contributed by atoms with Crippen LogP contribution in [0.3, 0.4) is 0 Å². The molecule has 2 amide bonds. The van der Waals surface area contributed by atoms with Crippen LogP contribution in [0, 0.1) is 11.7 Å². The first kappa shape index (κ1) is 23.3. The van der Waals surface area contributed by atoms with Gasteiger partial charge in [0.15, 0.2) is 0 Å². The van der Waals surface area contributed by atoms with Gasteiger partial charge in [-0.3, -0.25) is 14.9 Å². The third kappa shape index (κ3) is 6.10. The standard InChI is InChI=1S/C23H25FN4O3S/c1-4-14(2)20(25-19(29)13-15-5-11-18(31-3)12-6-15)21(30)26-23-28-27-22(32-23)16-7-9-17(24)10-8-16/h5-12,14,20H,4,13H2,1-3H3,(H,25,29)(H,26,28,30). The third-order valence-corrected chi connectivity index (χ3v) is 5.97. The Labute approximate surface area is 190 Å². The number of benzene rings is 2. The smallest absolute Gasteiger partial charge is 0.249 e. The van der Waals surface area contributed by atoms with Crippen molar-refractivity contribution in [1.29, 1.82) is 0 Å². The van der Waals surface area contributed by atoms with E-state index >= 15 is 0 Å². The second-order valence-corrected chi connectivity index (χ2v) is 8.34. The predicted molar refractivity (Wildman–Crippen MR) is 122 cm³/mol. The summed E-state index contributed by atoms with van der Waals surface area (Å²) in [6.07, 6.45) is 0.857. The van der Waals surface area contributed by atoms with Crippen LogP contribution in [0.1, 0.15) is 25.8 Å². The summed E-state index contributed by atoms with van der Waals surface area (Å²) in [6.45, 7) is 3.86. The van der Waals surface area contributed by atoms with E-state index < -0.39 is 6.04 Å². The van der Waals surface area contributed by atoms with Crippen molar-refractivity contribution in [2.45, 2.75) is 32.7 Å². The summed E-state index contributed by atoms with van der Waals surface area (Å²) in [5, 5.41) is 14.5. The molecule has 3 rings (SSSR count). The van der Waals surface area contributed by atoms with Gasteiger partial charge in [0.2, 0.25) is 16.9 Å². The van der Waals surface area contributed by atoms with Gasteiger partial charge in [0.25, 0.3) is 0 Å². The number of nitrogens with one attached hydrogen (secondary N) is 2. The van der Waals surface area contributed by atoms with Gasteiger partial charge in [0.1, 0.15) is 22.6 Å². The van der Waals surface area contributed by atoms with Gasteiger partial charge in [-0.25, -0.2) is 4.39 Å². The molecule has 2 N–H and O–H groups in total. The zero-order chi connectivity index (χ0) is 23.1. The number of ether oxygens (including phenoxy) is 1. The summed E-state index contributed by atoms with van der Waals surface area (Å²) in [6, 6.07) is 12.4. The van der Waals surface area contributed by atoms with E-state index in [1.807, 2.05) is 26.0 Å². The van der Waals surface area contributed by atoms with Crippen molar-refractivity contribution in [3.05, 3.63) is 59.9 Å². The van der Waals surface area contributed by atoms with Crippen molar-refractivity contribution in [3.63, 3.8) is 0 Å². The highest BCUT2D eigenvalue weighted by Gasteiger charge is 2.27. The molecule has 2 atom stereocenters. The normalized spacial score (nSPS) is 12.6. The minimum atomic E-state index is -0.719. The lowest BCUT2D eigenvalue weighted by molar-refractivity contribution is -0.127. The Balaban J connectivity index is 1.65. The van der Waals surface area contributed by atoms with Crippen molar-refractivity contribution in [3.8, 4) is 16.3 Å². The molecule has 0 bridgehead atoms. The zero-order valence-electron chi connectivity index (χ0n) is 18.1. The lowest BCUT2D eigenvalue weighted by Crippen LogP contribution is -2.48. The number of hydrogen-bond acceptors (Lipinski definition) is 6. The van der Waals surface area contributed by atoms with Gasteiger partial charge in [-0.05, 0) is 47.9 Å². The molecule has 0 radical (unpaired) electrons. The minimum absolute atomic E-state index is 0.0840. The van der Waals surface area contributed by atoms with Gasteiger partial charge in [-0.1, -0.05) is 43.7 Å². The van der Waals surface area contributed by atoms with Crippen LogP contribution in [0.25, 0.3) is 10.6 Å². The summed E-state index contributed by atoms with van der Waals surface area (Å²) in [5.41, 5.74) is 1.52. The first-order valence-electron chi connectivity index (χ1n) is 10.2. The van der Waals surface area contributed by atoms with Crippen LogP contribution in [0.5, 0.6) is 5.75 Å². The molecule has 0 aliphatic carbocycles. The van der Waals surface area contributed by atoms with Gasteiger partial charge in [-0.15, -0.1) is 10.2 Å². The zero-order valence-corrected chi connectivity index (χ0v) is 18.9. The maximum Gasteiger partial charge on any atom is 0.249 e. The molecule has 0 saturated carbocycles. The Morgan fingerprint density at radius 1 is 1.09 bits per heavy atom. The number of hydrogen-bond donors (Lipinski definition) is 2. The maximum atomic E-state index is 13.1. The monoisotopic (exact) mass is 456 g/mol. The van der Waals surface area contributed by atoms with E-state index in [1.54, 1.807) is 31.4 Å². The average molecular weight is 457 g/mol. The van der Waals surface area contributed by atoms with E-state index in [0.29, 0.717) is 27.9 Å². The van der Waals surface area contributed by atoms with E-state index in [-0.39, 0.29) is 30.0 Å². The number of amides is 2. The first-order valence-corrected chi connectivity index (χ1v) is 11.0. The van der Waals surface area contributed by atoms with E-state index in [4.69, 9.17) is 4.74 Å². The lowest BCUT2D eigenvalue weighted by atomic mass is 9.98. The van der Waals surface area contributed by atoms with Crippen LogP contribution in [-0.2, 0) is 16.0 Å². The summed E-state index contributed by atoms with van der Waals surface area (Å²) < 4.78 is 18.3. The van der Waals surface area contributed by atoms with E-state index in [9.17, 15) is 14.0 Å². The molecule has 9 heteroatoms. The number of anilines is 1. The van der Waals surface area contributed by atoms with E-state index in [1.165, 1.54) is 23.5 Å². The minimum Gasteiger partial charge on any atom is -0.497 e. The molecule has 32 heavy (non-hydrogen) atoms. The molecule has 0 aliphatic heterocycles. The molecular formula is C23H25FN4O3S. The van der Waals surface area contributed by atoms with E-state index in [2.05, 4.69) is 20.8 Å². The van der Waals surface area contributed by atoms with Crippen LogP contribution < -0.4 is 15.4 Å². The Bertz CT molecular complexity index is 1050. The highest BCUT2D eigenvalue weighted by atomic mass is 32.1. The number of halogens is 1. The second kappa shape index (κ2) is 10.8. The fraction of sp³-hybridized carbons (Fsp3) is 0.304. The molecule has 2 aromatic carbocycles. The highest BCUT2D eigenvalue weighted by Crippen LogP contribution is 2.26. The van der Waals surface area contributed by atoms with Gasteiger partial charge < -0.3 is 10.1 Å². The molecule has 0 saturated heterocycles. The molecule has 168 valence electrons. The highest BCUT2D eigenvalue weighted by molar-refractivity contribution is 7.18. The molecule has 0 fully saturated rings. The Morgan fingerprint density at radius 3 is 2.41 bits per heavy atom. The largest absolute Gasteiger partial charge is 0.497 e. The van der Waals surface area contributed by atoms with Gasteiger partial charge in [-0.2, -0.15) is 0 Å². The van der Waals surface area contributed by atoms with Crippen LogP contribution in [0.2, 0.25) is 0 Å². The Hall–Kier alpha value is -3.33. The van der Waals surface area contributed by atoms with Crippen molar-refractivity contribution in [2.24, 2.45) is 5.92 Å². The molecular weight excluding hydrogens is 431 g/mol. The summed E-state index contributed by atoms with van der Waals surface area (Å²) in [5.74, 6) is -0.319. The lowest BCUT2D eigenvalue weighted by Gasteiger charge is -2.23. The summed E-state index contributed by atoms with van der Waals surface area (Å²) in [7, 11) is 1.58. The van der Waals surface area contributed by atoms with Crippen LogP contribution >= 0.6 is 11.3 Å². The number of aromatic nitrogens is 2. The number of carbonyl (C=O) groups excluding carboxylic acids is 2. The Morgan fingerprint density at radius 2 is 1.78 bits per heavy atom. The molecule has 3 aromatic rings. The average Bonchev–Trinajstić information content (AvgIpc) is 3.26. The molecule has 2 unspecified atom stereocenters. The molecule has 1 heterocycles. The third-order valence-electron chi connectivity index (χ3n) is 5.08. The van der Waals surface area contributed by atoms with Crippen molar-refractivity contribution < 1.29 is 18.7 Å². The molecule has 1 aromatic heterocycles. The topological polar surface area (TPSA) is 93.2 Å². The van der Waals surface area contributed by atoms with Crippen molar-refractivity contribution in [1.82, 2.24) is 15.5 Å². The number of rotatable bonds is 9.